The minimum atomic E-state index is -0.992. The van der Waals surface area contributed by atoms with Crippen LogP contribution in [0.4, 0.5) is 0 Å². The smallest absolute Gasteiger partial charge is 0.226 e. The van der Waals surface area contributed by atoms with E-state index in [1.807, 2.05) is 86.7 Å². The van der Waals surface area contributed by atoms with Crippen LogP contribution < -0.4 is 16.0 Å². The van der Waals surface area contributed by atoms with Crippen LogP contribution in [0.1, 0.15) is 32.4 Å². The second kappa shape index (κ2) is 8.33. The minimum absolute atomic E-state index is 0.146. The first-order chi connectivity index (χ1) is 19.8. The zero-order valence-corrected chi connectivity index (χ0v) is 22.8. The standard InChI is InChI=1S/C33H28N6O2/c1-31(2)27-18-32(28-19-35-29(41-28)20-10-13-34-14-11-20)12-9-25(38-32)16-24-6-5-22(36-24)15-23-7-8-26(37-23)17-33(39-27,30(31)40)21-3-4-21/h5-19,21,36,39H,3-4H2,1-2H3. The van der Waals surface area contributed by atoms with Crippen molar-refractivity contribution in [1.82, 2.24) is 20.3 Å². The van der Waals surface area contributed by atoms with Crippen molar-refractivity contribution < 1.29 is 9.21 Å². The summed E-state index contributed by atoms with van der Waals surface area (Å²) in [5.74, 6) is 1.41. The summed E-state index contributed by atoms with van der Waals surface area (Å²) in [5, 5.41) is 5.58. The van der Waals surface area contributed by atoms with E-state index in [0.29, 0.717) is 11.7 Å². The molecule has 4 aliphatic heterocycles. The van der Waals surface area contributed by atoms with E-state index in [9.17, 15) is 4.79 Å². The number of nitrogens with zero attached hydrogens (tertiary/aromatic N) is 4. The quantitative estimate of drug-likeness (QED) is 0.527. The van der Waals surface area contributed by atoms with Gasteiger partial charge in [-0.25, -0.2) is 9.98 Å². The first kappa shape index (κ1) is 24.0. The fraction of sp³-hybridized carbons (Fsp3) is 0.242. The molecule has 0 radical (unpaired) electrons. The number of hydrogen-bond acceptors (Lipinski definition) is 7. The van der Waals surface area contributed by atoms with Gasteiger partial charge in [-0.15, -0.1) is 0 Å². The summed E-state index contributed by atoms with van der Waals surface area (Å²) < 4.78 is 6.37. The molecule has 5 aliphatic rings. The van der Waals surface area contributed by atoms with Crippen LogP contribution in [0, 0.1) is 11.3 Å². The topological polar surface area (TPSA) is 109 Å². The summed E-state index contributed by atoms with van der Waals surface area (Å²) in [6, 6.07) is 7.77. The summed E-state index contributed by atoms with van der Waals surface area (Å²) in [5.41, 5.74) is 1.45. The highest BCUT2D eigenvalue weighted by molar-refractivity contribution is 6.20. The number of ketones is 1. The number of H-pyrrole nitrogens is 1. The van der Waals surface area contributed by atoms with Crippen molar-refractivity contribution in [3.05, 3.63) is 107 Å². The number of aromatic amines is 1. The molecule has 202 valence electrons. The van der Waals surface area contributed by atoms with Crippen LogP contribution in [0.15, 0.2) is 105 Å². The normalized spacial score (nSPS) is 27.4. The molecule has 41 heavy (non-hydrogen) atoms. The van der Waals surface area contributed by atoms with Crippen molar-refractivity contribution in [3.63, 3.8) is 0 Å². The van der Waals surface area contributed by atoms with Crippen molar-refractivity contribution >= 4 is 29.4 Å². The summed E-state index contributed by atoms with van der Waals surface area (Å²) in [7, 11) is 0. The van der Waals surface area contributed by atoms with Gasteiger partial charge in [0.05, 0.1) is 28.7 Å². The van der Waals surface area contributed by atoms with E-state index in [4.69, 9.17) is 14.4 Å². The largest absolute Gasteiger partial charge is 0.438 e. The van der Waals surface area contributed by atoms with Gasteiger partial charge in [-0.2, -0.15) is 0 Å². The molecule has 8 heteroatoms. The molecule has 8 bridgehead atoms. The van der Waals surface area contributed by atoms with Gasteiger partial charge in [-0.05, 0) is 105 Å². The van der Waals surface area contributed by atoms with Gasteiger partial charge in [0.1, 0.15) is 5.54 Å². The number of nitrogens with one attached hydrogen (secondary N) is 2. The third-order valence-electron chi connectivity index (χ3n) is 8.59. The Hall–Kier alpha value is -4.85. The van der Waals surface area contributed by atoms with Crippen molar-refractivity contribution in [2.24, 2.45) is 21.3 Å². The average Bonchev–Trinajstić information content (AvgIpc) is 3.33. The molecule has 3 aromatic heterocycles. The molecule has 2 unspecified atom stereocenters. The lowest BCUT2D eigenvalue weighted by molar-refractivity contribution is -0.127. The number of pyridine rings is 1. The number of fused-ring (bicyclic) bond motifs is 6. The minimum Gasteiger partial charge on any atom is -0.438 e. The fourth-order valence-corrected chi connectivity index (χ4v) is 6.22. The maximum Gasteiger partial charge on any atom is 0.226 e. The van der Waals surface area contributed by atoms with Crippen LogP contribution in [0.2, 0.25) is 0 Å². The lowest BCUT2D eigenvalue weighted by Gasteiger charge is -2.26. The van der Waals surface area contributed by atoms with Crippen LogP contribution in [0.5, 0.6) is 0 Å². The zero-order chi connectivity index (χ0) is 27.8. The van der Waals surface area contributed by atoms with Crippen LogP contribution in [0.3, 0.4) is 0 Å². The van der Waals surface area contributed by atoms with Gasteiger partial charge in [0.15, 0.2) is 17.1 Å². The van der Waals surface area contributed by atoms with Gasteiger partial charge in [-0.1, -0.05) is 0 Å². The van der Waals surface area contributed by atoms with Gasteiger partial charge < -0.3 is 14.7 Å². The van der Waals surface area contributed by atoms with Crippen molar-refractivity contribution in [1.29, 1.82) is 0 Å². The molecule has 0 amide bonds. The molecule has 2 atom stereocenters. The highest BCUT2D eigenvalue weighted by atomic mass is 16.4. The molecular formula is C33H28N6O2. The fourth-order valence-electron chi connectivity index (χ4n) is 6.22. The number of allylic oxidation sites excluding steroid dienone is 4. The number of hydrogen-bond donors (Lipinski definition) is 2. The average molecular weight is 541 g/mol. The molecule has 3 aromatic rings. The molecule has 8 rings (SSSR count). The molecule has 2 fully saturated rings. The first-order valence-corrected chi connectivity index (χ1v) is 13.9. The SMILES string of the molecule is CC1(C)C(=O)C2(C3CC3)C=C3C=CC(=N3)C=c3ccc([nH]3)=CC3=NC(c4cnc(-c5ccncc5)o4)(C=C3)C=C1N2. The number of carbonyl (C=O) groups is 1. The second-order valence-electron chi connectivity index (χ2n) is 11.8. The van der Waals surface area contributed by atoms with Crippen molar-refractivity contribution in [2.75, 3.05) is 0 Å². The maximum absolute atomic E-state index is 14.3. The van der Waals surface area contributed by atoms with Crippen LogP contribution in [0.25, 0.3) is 23.6 Å². The Morgan fingerprint density at radius 1 is 0.951 bits per heavy atom. The van der Waals surface area contributed by atoms with Gasteiger partial charge in [0.25, 0.3) is 0 Å². The van der Waals surface area contributed by atoms with Gasteiger partial charge in [0.2, 0.25) is 5.89 Å². The molecule has 0 spiro atoms. The molecule has 1 saturated carbocycles. The highest BCUT2D eigenvalue weighted by Gasteiger charge is 2.60. The molecule has 2 N–H and O–H groups in total. The third kappa shape index (κ3) is 3.78. The highest BCUT2D eigenvalue weighted by Crippen LogP contribution is 2.52. The summed E-state index contributed by atoms with van der Waals surface area (Å²) >= 11 is 0. The molecule has 7 heterocycles. The lowest BCUT2D eigenvalue weighted by Crippen LogP contribution is -2.47. The van der Waals surface area contributed by atoms with Crippen LogP contribution in [-0.2, 0) is 10.3 Å². The summed E-state index contributed by atoms with van der Waals surface area (Å²) in [6.45, 7) is 3.98. The third-order valence-corrected chi connectivity index (χ3v) is 8.59. The van der Waals surface area contributed by atoms with Crippen LogP contribution >= 0.6 is 0 Å². The van der Waals surface area contributed by atoms with Crippen molar-refractivity contribution in [3.8, 4) is 11.5 Å². The predicted molar refractivity (Wildman–Crippen MR) is 157 cm³/mol. The Bertz CT molecular complexity index is 1930. The first-order valence-electron chi connectivity index (χ1n) is 13.9. The number of oxazole rings is 1. The lowest BCUT2D eigenvalue weighted by atomic mass is 9.77. The van der Waals surface area contributed by atoms with Gasteiger partial charge in [-0.3, -0.25) is 14.8 Å². The zero-order valence-electron chi connectivity index (χ0n) is 22.8. The van der Waals surface area contributed by atoms with Gasteiger partial charge in [0, 0.05) is 34.4 Å². The predicted octanol–water partition coefficient (Wildman–Crippen LogP) is 3.67. The van der Waals surface area contributed by atoms with E-state index in [1.165, 1.54) is 0 Å². The number of aromatic nitrogens is 3. The Balaban J connectivity index is 1.36. The van der Waals surface area contributed by atoms with E-state index in [0.717, 1.165) is 51.9 Å². The molecule has 1 aliphatic carbocycles. The molecule has 0 aromatic carbocycles. The summed E-state index contributed by atoms with van der Waals surface area (Å²) in [4.78, 5) is 36.5. The van der Waals surface area contributed by atoms with Crippen molar-refractivity contribution in [2.45, 2.75) is 37.8 Å². The maximum atomic E-state index is 14.3. The molecule has 1 saturated heterocycles. The number of rotatable bonds is 3. The Labute approximate surface area is 236 Å². The van der Waals surface area contributed by atoms with E-state index in [1.54, 1.807) is 18.6 Å². The molecule has 8 nitrogen and oxygen atoms in total. The number of aliphatic imine (C=N–C) groups is 2. The van der Waals surface area contributed by atoms with Crippen LogP contribution in [-0.4, -0.2) is 37.7 Å². The Morgan fingerprint density at radius 2 is 1.73 bits per heavy atom. The molecular weight excluding hydrogens is 512 g/mol. The Morgan fingerprint density at radius 3 is 2.51 bits per heavy atom. The number of carbonyl (C=O) groups excluding carboxylic acids is 1. The number of Topliss-reactive ketones (excluding diaryl/α,β-unsaturated/α-hetero) is 1. The summed E-state index contributed by atoms with van der Waals surface area (Å²) in [6.07, 6.45) is 23.2. The Kier molecular flexibility index (Phi) is 4.87. The van der Waals surface area contributed by atoms with Gasteiger partial charge >= 0.3 is 0 Å². The van der Waals surface area contributed by atoms with E-state index >= 15 is 0 Å². The second-order valence-corrected chi connectivity index (χ2v) is 11.8. The van der Waals surface area contributed by atoms with E-state index < -0.39 is 16.5 Å². The van der Waals surface area contributed by atoms with E-state index in [-0.39, 0.29) is 11.7 Å². The van der Waals surface area contributed by atoms with E-state index in [2.05, 4.69) is 20.3 Å². The monoisotopic (exact) mass is 540 g/mol.